The zero-order valence-electron chi connectivity index (χ0n) is 19.3. The highest BCUT2D eigenvalue weighted by Gasteiger charge is 2.11. The molecule has 0 amide bonds. The average Bonchev–Trinajstić information content (AvgIpc) is 2.94. The fourth-order valence-electron chi connectivity index (χ4n) is 3.83. The molecular weight excluding hydrogens is 426 g/mol. The van der Waals surface area contributed by atoms with Gasteiger partial charge in [0.1, 0.15) is 0 Å². The molecule has 168 valence electrons. The first-order valence-corrected chi connectivity index (χ1v) is 11.6. The minimum atomic E-state index is 1.11. The van der Waals surface area contributed by atoms with Crippen molar-refractivity contribution in [3.63, 3.8) is 0 Å². The van der Waals surface area contributed by atoms with Crippen molar-refractivity contribution in [1.29, 1.82) is 0 Å². The quantitative estimate of drug-likeness (QED) is 0.249. The first kappa shape index (κ1) is 22.1. The van der Waals surface area contributed by atoms with E-state index in [0.717, 1.165) is 39.3 Å². The maximum absolute atomic E-state index is 4.07. The number of nitrogens with zero attached hydrogens (tertiary/aromatic N) is 3. The number of hydrogen-bond acceptors (Lipinski definition) is 3. The van der Waals surface area contributed by atoms with Gasteiger partial charge in [-0.1, -0.05) is 66.8 Å². The van der Waals surface area contributed by atoms with E-state index in [1.807, 2.05) is 30.3 Å². The van der Waals surface area contributed by atoms with Crippen LogP contribution in [0.3, 0.4) is 0 Å². The standard InChI is InChI=1S/C32H25N3/c1-2-4-30(5-3-1)35(31-14-10-26(11-15-31)6-8-28-18-22-33-23-19-28)32-16-12-27(13-17-32)7-9-29-20-24-34-25-21-29/h1-25H. The van der Waals surface area contributed by atoms with Crippen molar-refractivity contribution in [3.8, 4) is 0 Å². The van der Waals surface area contributed by atoms with Crippen molar-refractivity contribution in [1.82, 2.24) is 9.97 Å². The molecule has 0 bridgehead atoms. The number of pyridine rings is 2. The van der Waals surface area contributed by atoms with Gasteiger partial charge in [0.15, 0.2) is 0 Å². The molecule has 0 aliphatic heterocycles. The van der Waals surface area contributed by atoms with Crippen LogP contribution in [0.2, 0.25) is 0 Å². The average molecular weight is 452 g/mol. The van der Waals surface area contributed by atoms with Crippen LogP contribution in [0.25, 0.3) is 24.3 Å². The van der Waals surface area contributed by atoms with Gasteiger partial charge in [0.25, 0.3) is 0 Å². The van der Waals surface area contributed by atoms with Gasteiger partial charge in [-0.3, -0.25) is 9.97 Å². The van der Waals surface area contributed by atoms with Gasteiger partial charge >= 0.3 is 0 Å². The predicted octanol–water partition coefficient (Wildman–Crippen LogP) is 8.29. The summed E-state index contributed by atoms with van der Waals surface area (Å²) in [5.41, 5.74) is 7.90. The summed E-state index contributed by atoms with van der Waals surface area (Å²) in [6.45, 7) is 0. The SMILES string of the molecule is C(=Cc1ccc(N(c2ccccc2)c2ccc(C=Cc3ccncc3)cc2)cc1)c1ccncc1. The summed E-state index contributed by atoms with van der Waals surface area (Å²) in [5, 5.41) is 0. The van der Waals surface area contributed by atoms with E-state index in [1.54, 1.807) is 24.8 Å². The van der Waals surface area contributed by atoms with Gasteiger partial charge in [-0.05, 0) is 82.9 Å². The number of hydrogen-bond donors (Lipinski definition) is 0. The molecule has 0 radical (unpaired) electrons. The number of anilines is 3. The Morgan fingerprint density at radius 3 is 1.11 bits per heavy atom. The lowest BCUT2D eigenvalue weighted by Gasteiger charge is -2.25. The Bertz CT molecular complexity index is 1300. The molecule has 2 aromatic heterocycles. The first-order valence-electron chi connectivity index (χ1n) is 11.6. The third kappa shape index (κ3) is 5.79. The number of rotatable bonds is 7. The van der Waals surface area contributed by atoms with E-state index < -0.39 is 0 Å². The van der Waals surface area contributed by atoms with E-state index in [1.165, 1.54) is 0 Å². The zero-order chi connectivity index (χ0) is 23.7. The molecule has 5 aromatic rings. The summed E-state index contributed by atoms with van der Waals surface area (Å²) >= 11 is 0. The molecule has 0 fully saturated rings. The smallest absolute Gasteiger partial charge is 0.0462 e. The molecule has 0 spiro atoms. The Labute approximate surface area is 206 Å². The minimum Gasteiger partial charge on any atom is -0.311 e. The summed E-state index contributed by atoms with van der Waals surface area (Å²) in [5.74, 6) is 0. The number of para-hydroxylation sites is 1. The maximum atomic E-state index is 4.07. The summed E-state index contributed by atoms with van der Waals surface area (Å²) < 4.78 is 0. The summed E-state index contributed by atoms with van der Waals surface area (Å²) in [6.07, 6.45) is 15.7. The third-order valence-electron chi connectivity index (χ3n) is 5.67. The summed E-state index contributed by atoms with van der Waals surface area (Å²) in [4.78, 5) is 10.4. The lowest BCUT2D eigenvalue weighted by molar-refractivity contribution is 1.28. The molecule has 0 aliphatic carbocycles. The van der Waals surface area contributed by atoms with Gasteiger partial charge in [0.05, 0.1) is 0 Å². The molecule has 0 unspecified atom stereocenters. The predicted molar refractivity (Wildman–Crippen MR) is 147 cm³/mol. The van der Waals surface area contributed by atoms with E-state index >= 15 is 0 Å². The van der Waals surface area contributed by atoms with E-state index in [0.29, 0.717) is 0 Å². The number of aromatic nitrogens is 2. The van der Waals surface area contributed by atoms with Crippen molar-refractivity contribution in [3.05, 3.63) is 150 Å². The molecule has 3 nitrogen and oxygen atoms in total. The van der Waals surface area contributed by atoms with Crippen LogP contribution in [0.5, 0.6) is 0 Å². The highest BCUT2D eigenvalue weighted by molar-refractivity contribution is 5.79. The molecule has 0 aliphatic rings. The van der Waals surface area contributed by atoms with Crippen LogP contribution in [0.4, 0.5) is 17.1 Å². The Morgan fingerprint density at radius 2 is 0.714 bits per heavy atom. The van der Waals surface area contributed by atoms with Crippen molar-refractivity contribution in [2.24, 2.45) is 0 Å². The normalized spacial score (nSPS) is 11.2. The Hall–Kier alpha value is -4.76. The monoisotopic (exact) mass is 451 g/mol. The molecule has 3 heteroatoms. The third-order valence-corrected chi connectivity index (χ3v) is 5.67. The topological polar surface area (TPSA) is 29.0 Å². The highest BCUT2D eigenvalue weighted by Crippen LogP contribution is 2.34. The van der Waals surface area contributed by atoms with Gasteiger partial charge in [0, 0.05) is 41.8 Å². The first-order chi connectivity index (χ1) is 17.3. The molecule has 0 atom stereocenters. The molecule has 0 N–H and O–H groups in total. The van der Waals surface area contributed by atoms with Gasteiger partial charge in [-0.15, -0.1) is 0 Å². The van der Waals surface area contributed by atoms with Crippen LogP contribution in [0, 0.1) is 0 Å². The Balaban J connectivity index is 1.40. The van der Waals surface area contributed by atoms with Crippen molar-refractivity contribution < 1.29 is 0 Å². The molecule has 5 rings (SSSR count). The van der Waals surface area contributed by atoms with Crippen LogP contribution in [0.15, 0.2) is 128 Å². The fourth-order valence-corrected chi connectivity index (χ4v) is 3.83. The summed E-state index contributed by atoms with van der Waals surface area (Å²) in [7, 11) is 0. The van der Waals surface area contributed by atoms with Crippen molar-refractivity contribution in [2.45, 2.75) is 0 Å². The molecule has 2 heterocycles. The second-order valence-electron chi connectivity index (χ2n) is 8.08. The van der Waals surface area contributed by atoms with Gasteiger partial charge < -0.3 is 4.90 Å². The Kier molecular flexibility index (Phi) is 6.87. The molecule has 35 heavy (non-hydrogen) atoms. The number of benzene rings is 3. The fraction of sp³-hybridized carbons (Fsp3) is 0. The molecule has 0 saturated heterocycles. The van der Waals surface area contributed by atoms with E-state index in [4.69, 9.17) is 0 Å². The van der Waals surface area contributed by atoms with E-state index in [-0.39, 0.29) is 0 Å². The second kappa shape index (κ2) is 10.9. The van der Waals surface area contributed by atoms with Crippen molar-refractivity contribution >= 4 is 41.4 Å². The lowest BCUT2D eigenvalue weighted by atomic mass is 10.1. The van der Waals surface area contributed by atoms with Crippen molar-refractivity contribution in [2.75, 3.05) is 4.90 Å². The van der Waals surface area contributed by atoms with Crippen LogP contribution in [-0.4, -0.2) is 9.97 Å². The van der Waals surface area contributed by atoms with Crippen LogP contribution in [0.1, 0.15) is 22.3 Å². The zero-order valence-corrected chi connectivity index (χ0v) is 19.3. The molecular formula is C32H25N3. The minimum absolute atomic E-state index is 1.11. The maximum Gasteiger partial charge on any atom is 0.0462 e. The lowest BCUT2D eigenvalue weighted by Crippen LogP contribution is -2.09. The second-order valence-corrected chi connectivity index (χ2v) is 8.08. The van der Waals surface area contributed by atoms with E-state index in [9.17, 15) is 0 Å². The van der Waals surface area contributed by atoms with Crippen LogP contribution >= 0.6 is 0 Å². The van der Waals surface area contributed by atoms with Gasteiger partial charge in [-0.25, -0.2) is 0 Å². The summed E-state index contributed by atoms with van der Waals surface area (Å²) in [6, 6.07) is 35.7. The van der Waals surface area contributed by atoms with Gasteiger partial charge in [0.2, 0.25) is 0 Å². The molecule has 3 aromatic carbocycles. The van der Waals surface area contributed by atoms with Crippen LogP contribution in [-0.2, 0) is 0 Å². The van der Waals surface area contributed by atoms with Crippen LogP contribution < -0.4 is 4.90 Å². The van der Waals surface area contributed by atoms with Gasteiger partial charge in [-0.2, -0.15) is 0 Å². The Morgan fingerprint density at radius 1 is 0.371 bits per heavy atom. The largest absolute Gasteiger partial charge is 0.311 e. The highest BCUT2D eigenvalue weighted by atomic mass is 15.1. The molecule has 0 saturated carbocycles. The van der Waals surface area contributed by atoms with E-state index in [2.05, 4.69) is 112 Å².